The summed E-state index contributed by atoms with van der Waals surface area (Å²) in [4.78, 5) is 0. The molecule has 0 amide bonds. The Bertz CT molecular complexity index is 690. The Morgan fingerprint density at radius 2 is 1.42 bits per heavy atom. The van der Waals surface area contributed by atoms with Crippen molar-refractivity contribution in [3.8, 4) is 23.6 Å². The van der Waals surface area contributed by atoms with E-state index in [0.29, 0.717) is 28.4 Å². The number of nitrogens with zero attached hydrogens (tertiary/aromatic N) is 2. The van der Waals surface area contributed by atoms with E-state index in [1.807, 2.05) is 12.1 Å². The minimum absolute atomic E-state index is 0.261. The number of hydrogen-bond donors (Lipinski definition) is 2. The van der Waals surface area contributed by atoms with Gasteiger partial charge in [-0.3, -0.25) is 0 Å². The van der Waals surface area contributed by atoms with Crippen LogP contribution in [0.5, 0.6) is 11.5 Å². The first-order valence-electron chi connectivity index (χ1n) is 5.40. The molecule has 0 unspecified atom stereocenters. The molecule has 0 saturated heterocycles. The molecule has 0 aliphatic rings. The van der Waals surface area contributed by atoms with Crippen molar-refractivity contribution in [3.63, 3.8) is 0 Å². The molecule has 92 valence electrons. The van der Waals surface area contributed by atoms with E-state index in [1.54, 1.807) is 24.3 Å². The first kappa shape index (κ1) is 12.3. The fraction of sp³-hybridized carbons (Fsp3) is 0. The second kappa shape index (κ2) is 4.99. The van der Waals surface area contributed by atoms with Gasteiger partial charge < -0.3 is 16.2 Å². The molecule has 19 heavy (non-hydrogen) atoms. The Kier molecular flexibility index (Phi) is 3.22. The molecule has 2 rings (SSSR count). The molecule has 5 nitrogen and oxygen atoms in total. The van der Waals surface area contributed by atoms with Gasteiger partial charge in [-0.1, -0.05) is 0 Å². The number of hydrogen-bond acceptors (Lipinski definition) is 5. The van der Waals surface area contributed by atoms with Crippen LogP contribution in [0.1, 0.15) is 11.1 Å². The summed E-state index contributed by atoms with van der Waals surface area (Å²) < 4.78 is 5.56. The van der Waals surface area contributed by atoms with Gasteiger partial charge in [-0.2, -0.15) is 10.5 Å². The highest BCUT2D eigenvalue weighted by molar-refractivity contribution is 5.58. The number of ether oxygens (including phenoxy) is 1. The fourth-order valence-corrected chi connectivity index (χ4v) is 1.62. The molecule has 2 aromatic rings. The molecule has 0 aliphatic heterocycles. The monoisotopic (exact) mass is 250 g/mol. The summed E-state index contributed by atoms with van der Waals surface area (Å²) in [6, 6.07) is 13.4. The van der Waals surface area contributed by atoms with Crippen molar-refractivity contribution >= 4 is 11.4 Å². The molecule has 0 saturated carbocycles. The zero-order valence-electron chi connectivity index (χ0n) is 9.92. The van der Waals surface area contributed by atoms with Gasteiger partial charge in [0, 0.05) is 23.5 Å². The second-order valence-corrected chi connectivity index (χ2v) is 3.87. The van der Waals surface area contributed by atoms with E-state index in [4.69, 9.17) is 26.7 Å². The van der Waals surface area contributed by atoms with Crippen LogP contribution in [0.15, 0.2) is 36.4 Å². The van der Waals surface area contributed by atoms with Crippen LogP contribution in [0.25, 0.3) is 0 Å². The third-order valence-electron chi connectivity index (χ3n) is 2.42. The summed E-state index contributed by atoms with van der Waals surface area (Å²) in [6.45, 7) is 0. The van der Waals surface area contributed by atoms with E-state index in [2.05, 4.69) is 0 Å². The van der Waals surface area contributed by atoms with Crippen LogP contribution in [0.4, 0.5) is 11.4 Å². The summed E-state index contributed by atoms with van der Waals surface area (Å²) in [5.41, 5.74) is 12.9. The molecule has 0 bridgehead atoms. The third-order valence-corrected chi connectivity index (χ3v) is 2.42. The van der Waals surface area contributed by atoms with Gasteiger partial charge in [-0.25, -0.2) is 0 Å². The molecule has 0 spiro atoms. The highest BCUT2D eigenvalue weighted by atomic mass is 16.5. The number of rotatable bonds is 2. The summed E-state index contributed by atoms with van der Waals surface area (Å²) in [6.07, 6.45) is 0. The van der Waals surface area contributed by atoms with Crippen LogP contribution < -0.4 is 16.2 Å². The molecule has 0 heterocycles. The van der Waals surface area contributed by atoms with Crippen molar-refractivity contribution in [2.75, 3.05) is 11.5 Å². The second-order valence-electron chi connectivity index (χ2n) is 3.87. The minimum Gasteiger partial charge on any atom is -0.457 e. The number of benzene rings is 2. The summed E-state index contributed by atoms with van der Waals surface area (Å²) in [5.74, 6) is 0.923. The highest BCUT2D eigenvalue weighted by Gasteiger charge is 2.05. The van der Waals surface area contributed by atoms with E-state index in [0.717, 1.165) is 0 Å². The predicted octanol–water partition coefficient (Wildman–Crippen LogP) is 2.39. The van der Waals surface area contributed by atoms with Crippen molar-refractivity contribution in [2.24, 2.45) is 0 Å². The van der Waals surface area contributed by atoms with Gasteiger partial charge >= 0.3 is 0 Å². The quantitative estimate of drug-likeness (QED) is 0.795. The maximum absolute atomic E-state index is 8.93. The Morgan fingerprint density at radius 3 is 2.00 bits per heavy atom. The van der Waals surface area contributed by atoms with Gasteiger partial charge in [-0.05, 0) is 24.3 Å². The molecule has 0 aliphatic carbocycles. The van der Waals surface area contributed by atoms with Crippen LogP contribution in [-0.2, 0) is 0 Å². The average Bonchev–Trinajstić information content (AvgIpc) is 2.37. The molecule has 2 aromatic carbocycles. The number of nitrogen functional groups attached to an aromatic ring is 2. The zero-order chi connectivity index (χ0) is 13.8. The maximum atomic E-state index is 8.93. The first-order valence-corrected chi connectivity index (χ1v) is 5.40. The van der Waals surface area contributed by atoms with E-state index in [9.17, 15) is 0 Å². The van der Waals surface area contributed by atoms with Crippen molar-refractivity contribution in [3.05, 3.63) is 47.5 Å². The van der Waals surface area contributed by atoms with Crippen LogP contribution >= 0.6 is 0 Å². The average molecular weight is 250 g/mol. The fourth-order valence-electron chi connectivity index (χ4n) is 1.62. The number of nitriles is 2. The maximum Gasteiger partial charge on any atom is 0.131 e. The molecule has 0 aromatic heterocycles. The lowest BCUT2D eigenvalue weighted by molar-refractivity contribution is 0.483. The van der Waals surface area contributed by atoms with Gasteiger partial charge in [0.2, 0.25) is 0 Å². The molecule has 5 heteroatoms. The largest absolute Gasteiger partial charge is 0.457 e. The standard InChI is InChI=1S/C14H10N4O/c15-7-9-1-2-13(3-10(9)8-16)19-14-5-11(17)4-12(18)6-14/h1-6H,17-18H2. The topological polar surface area (TPSA) is 109 Å². The van der Waals surface area contributed by atoms with Gasteiger partial charge in [0.1, 0.15) is 23.6 Å². The SMILES string of the molecule is N#Cc1ccc(Oc2cc(N)cc(N)c2)cc1C#N. The van der Waals surface area contributed by atoms with Gasteiger partial charge in [0.15, 0.2) is 0 Å². The van der Waals surface area contributed by atoms with Crippen LogP contribution in [0.2, 0.25) is 0 Å². The van der Waals surface area contributed by atoms with Gasteiger partial charge in [0.05, 0.1) is 11.1 Å². The smallest absolute Gasteiger partial charge is 0.131 e. The lowest BCUT2D eigenvalue weighted by Crippen LogP contribution is -1.93. The van der Waals surface area contributed by atoms with Crippen LogP contribution in [-0.4, -0.2) is 0 Å². The summed E-state index contributed by atoms with van der Waals surface area (Å²) in [7, 11) is 0. The summed E-state index contributed by atoms with van der Waals surface area (Å²) in [5, 5.41) is 17.8. The van der Waals surface area contributed by atoms with E-state index in [1.165, 1.54) is 12.1 Å². The zero-order valence-corrected chi connectivity index (χ0v) is 9.92. The highest BCUT2D eigenvalue weighted by Crippen LogP contribution is 2.27. The van der Waals surface area contributed by atoms with Crippen LogP contribution in [0, 0.1) is 22.7 Å². The molecule has 4 N–H and O–H groups in total. The molecular formula is C14H10N4O. The minimum atomic E-state index is 0.261. The molecule has 0 fully saturated rings. The normalized spacial score (nSPS) is 9.37. The van der Waals surface area contributed by atoms with Crippen molar-refractivity contribution in [1.82, 2.24) is 0 Å². The van der Waals surface area contributed by atoms with E-state index < -0.39 is 0 Å². The van der Waals surface area contributed by atoms with Gasteiger partial charge in [-0.15, -0.1) is 0 Å². The Labute approximate surface area is 110 Å². The molecule has 0 radical (unpaired) electrons. The van der Waals surface area contributed by atoms with E-state index in [-0.39, 0.29) is 5.56 Å². The number of anilines is 2. The van der Waals surface area contributed by atoms with Crippen LogP contribution in [0.3, 0.4) is 0 Å². The van der Waals surface area contributed by atoms with Crippen molar-refractivity contribution in [2.45, 2.75) is 0 Å². The van der Waals surface area contributed by atoms with Gasteiger partial charge in [0.25, 0.3) is 0 Å². The van der Waals surface area contributed by atoms with Crippen molar-refractivity contribution < 1.29 is 4.74 Å². The third kappa shape index (κ3) is 2.74. The summed E-state index contributed by atoms with van der Waals surface area (Å²) >= 11 is 0. The van der Waals surface area contributed by atoms with Crippen molar-refractivity contribution in [1.29, 1.82) is 10.5 Å². The number of nitrogens with two attached hydrogens (primary N) is 2. The molecule has 0 atom stereocenters. The molecular weight excluding hydrogens is 240 g/mol. The Hall–Kier alpha value is -3.18. The van der Waals surface area contributed by atoms with E-state index >= 15 is 0 Å². The predicted molar refractivity (Wildman–Crippen MR) is 71.2 cm³/mol. The lowest BCUT2D eigenvalue weighted by Gasteiger charge is -2.08. The first-order chi connectivity index (χ1) is 9.12. The lowest BCUT2D eigenvalue weighted by atomic mass is 10.1. The Morgan fingerprint density at radius 1 is 0.789 bits per heavy atom. The Balaban J connectivity index is 2.34.